The first-order chi connectivity index (χ1) is 9.76. The van der Waals surface area contributed by atoms with E-state index < -0.39 is 8.32 Å². The summed E-state index contributed by atoms with van der Waals surface area (Å²) in [5.41, 5.74) is 11.4. The van der Waals surface area contributed by atoms with Crippen LogP contribution in [0.3, 0.4) is 0 Å². The van der Waals surface area contributed by atoms with Crippen molar-refractivity contribution >= 4 is 8.32 Å². The standard InChI is InChI=1S/C16H25N3OSi/c1-16(2,3)21(4,5)20-15-13-9-7-6-8-12(13)10-11-14(15)18-19-17/h6-9,14-15H,10-11H2,1-5H3. The van der Waals surface area contributed by atoms with Crippen LogP contribution in [0.4, 0.5) is 0 Å². The second-order valence-electron chi connectivity index (χ2n) is 7.31. The van der Waals surface area contributed by atoms with E-state index in [1.165, 1.54) is 11.1 Å². The summed E-state index contributed by atoms with van der Waals surface area (Å²) in [7, 11) is -1.91. The van der Waals surface area contributed by atoms with Crippen molar-refractivity contribution in [3.63, 3.8) is 0 Å². The lowest BCUT2D eigenvalue weighted by molar-refractivity contribution is 0.141. The van der Waals surface area contributed by atoms with E-state index in [1.807, 2.05) is 6.07 Å². The molecule has 21 heavy (non-hydrogen) atoms. The van der Waals surface area contributed by atoms with Crippen molar-refractivity contribution in [1.82, 2.24) is 0 Å². The number of rotatable bonds is 3. The first-order valence-electron chi connectivity index (χ1n) is 7.56. The highest BCUT2D eigenvalue weighted by molar-refractivity contribution is 6.74. The molecular weight excluding hydrogens is 278 g/mol. The Morgan fingerprint density at radius 2 is 1.95 bits per heavy atom. The molecule has 2 rings (SSSR count). The van der Waals surface area contributed by atoms with Gasteiger partial charge in [0, 0.05) is 4.91 Å². The van der Waals surface area contributed by atoms with Crippen LogP contribution >= 0.6 is 0 Å². The van der Waals surface area contributed by atoms with Crippen molar-refractivity contribution in [3.05, 3.63) is 45.8 Å². The summed E-state index contributed by atoms with van der Waals surface area (Å²) in [6, 6.07) is 8.28. The Kier molecular flexibility index (Phi) is 4.47. The van der Waals surface area contributed by atoms with Crippen LogP contribution in [0.1, 0.15) is 44.4 Å². The molecule has 0 heterocycles. The molecule has 0 aliphatic heterocycles. The van der Waals surface area contributed by atoms with E-state index in [0.29, 0.717) is 0 Å². The highest BCUT2D eigenvalue weighted by atomic mass is 28.4. The molecule has 0 fully saturated rings. The molecule has 0 spiro atoms. The molecular formula is C16H25N3OSi. The zero-order valence-electron chi connectivity index (χ0n) is 13.6. The van der Waals surface area contributed by atoms with Gasteiger partial charge in [0.05, 0.1) is 12.1 Å². The Labute approximate surface area is 128 Å². The lowest BCUT2D eigenvalue weighted by Gasteiger charge is -2.42. The maximum atomic E-state index is 8.86. The SMILES string of the molecule is CC(C)(C)[Si](C)(C)OC1c2ccccc2CCC1N=[N+]=[N-]. The van der Waals surface area contributed by atoms with Crippen LogP contribution in [0, 0.1) is 0 Å². The van der Waals surface area contributed by atoms with Gasteiger partial charge in [0.2, 0.25) is 0 Å². The number of hydrogen-bond donors (Lipinski definition) is 0. The third-order valence-corrected chi connectivity index (χ3v) is 9.30. The van der Waals surface area contributed by atoms with Crippen molar-refractivity contribution in [2.45, 2.75) is 63.9 Å². The molecule has 0 saturated carbocycles. The number of hydrogen-bond acceptors (Lipinski definition) is 2. The number of fused-ring (bicyclic) bond motifs is 1. The predicted octanol–water partition coefficient (Wildman–Crippen LogP) is 5.37. The molecule has 0 bridgehead atoms. The van der Waals surface area contributed by atoms with E-state index in [2.05, 4.69) is 62.1 Å². The molecule has 114 valence electrons. The minimum atomic E-state index is -1.91. The van der Waals surface area contributed by atoms with Crippen molar-refractivity contribution in [3.8, 4) is 0 Å². The molecule has 1 aliphatic rings. The van der Waals surface area contributed by atoms with Gasteiger partial charge in [-0.2, -0.15) is 0 Å². The van der Waals surface area contributed by atoms with Gasteiger partial charge in [0.1, 0.15) is 0 Å². The maximum Gasteiger partial charge on any atom is 0.192 e. The van der Waals surface area contributed by atoms with Crippen molar-refractivity contribution in [2.24, 2.45) is 5.11 Å². The third-order valence-electron chi connectivity index (χ3n) is 4.85. The quantitative estimate of drug-likeness (QED) is 0.320. The summed E-state index contributed by atoms with van der Waals surface area (Å²) < 4.78 is 6.61. The highest BCUT2D eigenvalue weighted by Crippen LogP contribution is 2.43. The van der Waals surface area contributed by atoms with Gasteiger partial charge in [0.15, 0.2) is 8.32 Å². The van der Waals surface area contributed by atoms with Gasteiger partial charge in [-0.15, -0.1) is 0 Å². The molecule has 1 aromatic rings. The Hall–Kier alpha value is -1.29. The van der Waals surface area contributed by atoms with Gasteiger partial charge in [-0.25, -0.2) is 0 Å². The van der Waals surface area contributed by atoms with Gasteiger partial charge in [-0.3, -0.25) is 0 Å². The maximum absolute atomic E-state index is 8.86. The third kappa shape index (κ3) is 3.31. The number of benzene rings is 1. The Morgan fingerprint density at radius 3 is 2.57 bits per heavy atom. The van der Waals surface area contributed by atoms with E-state index in [-0.39, 0.29) is 17.2 Å². The predicted molar refractivity (Wildman–Crippen MR) is 88.7 cm³/mol. The monoisotopic (exact) mass is 303 g/mol. The summed E-state index contributed by atoms with van der Waals surface area (Å²) >= 11 is 0. The molecule has 2 atom stereocenters. The molecule has 4 nitrogen and oxygen atoms in total. The summed E-state index contributed by atoms with van der Waals surface area (Å²) in [4.78, 5) is 3.04. The molecule has 1 aromatic carbocycles. The second-order valence-corrected chi connectivity index (χ2v) is 12.1. The summed E-state index contributed by atoms with van der Waals surface area (Å²) in [5, 5.41) is 4.15. The number of azide groups is 1. The molecule has 0 radical (unpaired) electrons. The Bertz CT molecular complexity index is 559. The topological polar surface area (TPSA) is 58.0 Å². The Morgan fingerprint density at radius 1 is 1.29 bits per heavy atom. The molecule has 2 unspecified atom stereocenters. The smallest absolute Gasteiger partial charge is 0.192 e. The zero-order chi connectivity index (χ0) is 15.7. The van der Waals surface area contributed by atoms with Gasteiger partial charge in [-0.05, 0) is 47.6 Å². The summed E-state index contributed by atoms with van der Waals surface area (Å²) in [6.07, 6.45) is 1.71. The summed E-state index contributed by atoms with van der Waals surface area (Å²) in [5.74, 6) is 0. The summed E-state index contributed by atoms with van der Waals surface area (Å²) in [6.45, 7) is 11.2. The molecule has 0 aromatic heterocycles. The van der Waals surface area contributed by atoms with Crippen molar-refractivity contribution in [2.75, 3.05) is 0 Å². The van der Waals surface area contributed by atoms with Crippen LogP contribution in [0.25, 0.3) is 10.4 Å². The number of nitrogens with zero attached hydrogens (tertiary/aromatic N) is 3. The normalized spacial score (nSPS) is 22.3. The van der Waals surface area contributed by atoms with Crippen molar-refractivity contribution in [1.29, 1.82) is 0 Å². The van der Waals surface area contributed by atoms with Crippen LogP contribution < -0.4 is 0 Å². The largest absolute Gasteiger partial charge is 0.410 e. The van der Waals surface area contributed by atoms with E-state index in [4.69, 9.17) is 9.96 Å². The van der Waals surface area contributed by atoms with E-state index in [9.17, 15) is 0 Å². The minimum absolute atomic E-state index is 0.0981. The fraction of sp³-hybridized carbons (Fsp3) is 0.625. The van der Waals surface area contributed by atoms with Crippen molar-refractivity contribution < 1.29 is 4.43 Å². The van der Waals surface area contributed by atoms with Crippen LogP contribution in [-0.4, -0.2) is 14.4 Å². The lowest BCUT2D eigenvalue weighted by atomic mass is 9.86. The van der Waals surface area contributed by atoms with Gasteiger partial charge >= 0.3 is 0 Å². The Balaban J connectivity index is 2.39. The minimum Gasteiger partial charge on any atom is -0.410 e. The fourth-order valence-electron chi connectivity index (χ4n) is 2.52. The van der Waals surface area contributed by atoms with E-state index >= 15 is 0 Å². The lowest BCUT2D eigenvalue weighted by Crippen LogP contribution is -2.44. The molecule has 0 N–H and O–H groups in total. The van der Waals surface area contributed by atoms with E-state index in [0.717, 1.165) is 12.8 Å². The molecule has 5 heteroatoms. The van der Waals surface area contributed by atoms with Gasteiger partial charge in [0.25, 0.3) is 0 Å². The molecule has 0 saturated heterocycles. The number of aryl methyl sites for hydroxylation is 1. The molecule has 0 amide bonds. The average molecular weight is 303 g/mol. The second kappa shape index (κ2) is 5.83. The average Bonchev–Trinajstić information content (AvgIpc) is 2.40. The zero-order valence-corrected chi connectivity index (χ0v) is 14.6. The highest BCUT2D eigenvalue weighted by Gasteiger charge is 2.42. The first kappa shape index (κ1) is 16.1. The van der Waals surface area contributed by atoms with Gasteiger partial charge in [-0.1, -0.05) is 50.2 Å². The van der Waals surface area contributed by atoms with Gasteiger partial charge < -0.3 is 4.43 Å². The first-order valence-corrected chi connectivity index (χ1v) is 10.5. The van der Waals surface area contributed by atoms with E-state index in [1.54, 1.807) is 0 Å². The van der Waals surface area contributed by atoms with Crippen LogP contribution in [0.15, 0.2) is 29.4 Å². The fourth-order valence-corrected chi connectivity index (χ4v) is 3.79. The van der Waals surface area contributed by atoms with Crippen LogP contribution in [0.2, 0.25) is 18.1 Å². The van der Waals surface area contributed by atoms with Crippen LogP contribution in [-0.2, 0) is 10.8 Å². The molecule has 1 aliphatic carbocycles. The van der Waals surface area contributed by atoms with Crippen LogP contribution in [0.5, 0.6) is 0 Å².